The molecule has 1 aromatic heterocycles. The van der Waals surface area contributed by atoms with Crippen LogP contribution < -0.4 is 0 Å². The van der Waals surface area contributed by atoms with Crippen molar-refractivity contribution in [1.82, 2.24) is 9.78 Å². The maximum atomic E-state index is 10.3. The summed E-state index contributed by atoms with van der Waals surface area (Å²) in [6, 6.07) is 10.0. The molecular weight excluding hydrogens is 280 g/mol. The van der Waals surface area contributed by atoms with E-state index in [0.717, 1.165) is 17.9 Å². The van der Waals surface area contributed by atoms with Crippen molar-refractivity contribution in [3.63, 3.8) is 0 Å². The lowest BCUT2D eigenvalue weighted by atomic mass is 10.3. The first-order valence-electron chi connectivity index (χ1n) is 6.29. The Balaban J connectivity index is 2.03. The van der Waals surface area contributed by atoms with E-state index in [9.17, 15) is 5.11 Å². The number of aliphatic hydroxyl groups is 1. The van der Waals surface area contributed by atoms with E-state index in [1.807, 2.05) is 30.3 Å². The van der Waals surface area contributed by atoms with Gasteiger partial charge in [0.05, 0.1) is 16.9 Å². The summed E-state index contributed by atoms with van der Waals surface area (Å²) >= 11 is 7.72. The van der Waals surface area contributed by atoms with Crippen LogP contribution >= 0.6 is 23.4 Å². The third kappa shape index (κ3) is 3.75. The molecule has 0 spiro atoms. The molecule has 1 heterocycles. The van der Waals surface area contributed by atoms with E-state index in [0.29, 0.717) is 16.5 Å². The molecule has 0 saturated heterocycles. The molecule has 19 heavy (non-hydrogen) atoms. The molecule has 1 unspecified atom stereocenters. The van der Waals surface area contributed by atoms with E-state index in [-0.39, 0.29) is 0 Å². The van der Waals surface area contributed by atoms with Crippen LogP contribution in [0.3, 0.4) is 0 Å². The maximum absolute atomic E-state index is 10.3. The second-order valence-electron chi connectivity index (χ2n) is 4.24. The third-order valence-corrected chi connectivity index (χ3v) is 4.11. The van der Waals surface area contributed by atoms with Gasteiger partial charge in [-0.25, -0.2) is 0 Å². The van der Waals surface area contributed by atoms with Crippen LogP contribution in [0.4, 0.5) is 0 Å². The molecule has 5 heteroatoms. The highest BCUT2D eigenvalue weighted by atomic mass is 35.5. The fourth-order valence-corrected chi connectivity index (χ4v) is 2.99. The number of halogens is 1. The van der Waals surface area contributed by atoms with Crippen molar-refractivity contribution in [2.75, 3.05) is 5.75 Å². The van der Waals surface area contributed by atoms with Crippen molar-refractivity contribution in [3.8, 4) is 0 Å². The van der Waals surface area contributed by atoms with Gasteiger partial charge >= 0.3 is 0 Å². The number of aromatic nitrogens is 2. The first-order valence-corrected chi connectivity index (χ1v) is 7.65. The summed E-state index contributed by atoms with van der Waals surface area (Å²) in [5.74, 6) is 0.569. The van der Waals surface area contributed by atoms with E-state index < -0.39 is 6.10 Å². The van der Waals surface area contributed by atoms with Crippen molar-refractivity contribution in [2.45, 2.75) is 30.9 Å². The topological polar surface area (TPSA) is 38.0 Å². The smallest absolute Gasteiger partial charge is 0.106 e. The van der Waals surface area contributed by atoms with Crippen LogP contribution in [0.25, 0.3) is 0 Å². The number of hydrogen-bond acceptors (Lipinski definition) is 3. The second-order valence-corrected chi connectivity index (χ2v) is 5.74. The predicted molar refractivity (Wildman–Crippen MR) is 79.7 cm³/mol. The van der Waals surface area contributed by atoms with Gasteiger partial charge in [-0.1, -0.05) is 36.7 Å². The summed E-state index contributed by atoms with van der Waals surface area (Å²) in [7, 11) is 0. The van der Waals surface area contributed by atoms with E-state index >= 15 is 0 Å². The lowest BCUT2D eigenvalue weighted by Gasteiger charge is -2.13. The molecule has 0 fully saturated rings. The fourth-order valence-electron chi connectivity index (χ4n) is 1.86. The van der Waals surface area contributed by atoms with Crippen LogP contribution in [0.2, 0.25) is 5.02 Å². The number of thioether (sulfide) groups is 1. The van der Waals surface area contributed by atoms with E-state index in [4.69, 9.17) is 11.6 Å². The molecule has 2 aromatic rings. The first-order chi connectivity index (χ1) is 9.22. The highest BCUT2D eigenvalue weighted by Gasteiger charge is 2.18. The van der Waals surface area contributed by atoms with Crippen molar-refractivity contribution >= 4 is 23.4 Å². The largest absolute Gasteiger partial charge is 0.386 e. The molecule has 2 rings (SSSR count). The standard InChI is InChI=1S/C14H17ClN2OS/c1-2-8-17-14(12(15)9-16-17)13(18)10-19-11-6-4-3-5-7-11/h3-7,9,13,18H,2,8,10H2,1H3. The molecule has 1 atom stereocenters. The number of aryl methyl sites for hydroxylation is 1. The molecule has 0 aliphatic carbocycles. The van der Waals surface area contributed by atoms with Crippen molar-refractivity contribution in [2.24, 2.45) is 0 Å². The van der Waals surface area contributed by atoms with E-state index in [1.165, 1.54) is 0 Å². The highest BCUT2D eigenvalue weighted by molar-refractivity contribution is 7.99. The average Bonchev–Trinajstić information content (AvgIpc) is 2.79. The SMILES string of the molecule is CCCn1ncc(Cl)c1C(O)CSc1ccccc1. The zero-order chi connectivity index (χ0) is 13.7. The van der Waals surface area contributed by atoms with Crippen LogP contribution in [-0.4, -0.2) is 20.6 Å². The number of nitrogens with zero attached hydrogens (tertiary/aromatic N) is 2. The molecule has 0 saturated carbocycles. The van der Waals surface area contributed by atoms with Crippen LogP contribution in [0.5, 0.6) is 0 Å². The Kier molecular flexibility index (Phi) is 5.31. The van der Waals surface area contributed by atoms with Crippen LogP contribution in [0, 0.1) is 0 Å². The number of rotatable bonds is 6. The van der Waals surface area contributed by atoms with Crippen LogP contribution in [0.15, 0.2) is 41.4 Å². The van der Waals surface area contributed by atoms with E-state index in [1.54, 1.807) is 22.6 Å². The zero-order valence-corrected chi connectivity index (χ0v) is 12.4. The van der Waals surface area contributed by atoms with Gasteiger partial charge in [-0.05, 0) is 18.6 Å². The molecule has 0 radical (unpaired) electrons. The third-order valence-electron chi connectivity index (χ3n) is 2.74. The van der Waals surface area contributed by atoms with E-state index in [2.05, 4.69) is 12.0 Å². The fraction of sp³-hybridized carbons (Fsp3) is 0.357. The molecule has 0 amide bonds. The summed E-state index contributed by atoms with van der Waals surface area (Å²) in [4.78, 5) is 1.14. The van der Waals surface area contributed by atoms with Crippen molar-refractivity contribution in [3.05, 3.63) is 47.2 Å². The Morgan fingerprint density at radius 3 is 2.79 bits per heavy atom. The van der Waals surface area contributed by atoms with Crippen LogP contribution in [0.1, 0.15) is 25.1 Å². The summed E-state index contributed by atoms with van der Waals surface area (Å²) in [5.41, 5.74) is 0.715. The highest BCUT2D eigenvalue weighted by Crippen LogP contribution is 2.28. The molecule has 1 N–H and O–H groups in total. The first kappa shape index (κ1) is 14.4. The minimum atomic E-state index is -0.605. The number of aliphatic hydroxyl groups excluding tert-OH is 1. The number of hydrogen-bond donors (Lipinski definition) is 1. The van der Waals surface area contributed by atoms with Gasteiger partial charge < -0.3 is 5.11 Å². The Bertz CT molecular complexity index is 515. The molecule has 0 aliphatic rings. The zero-order valence-electron chi connectivity index (χ0n) is 10.8. The molecular formula is C14H17ClN2OS. The second kappa shape index (κ2) is 6.98. The lowest BCUT2D eigenvalue weighted by molar-refractivity contribution is 0.191. The minimum absolute atomic E-state index is 0.537. The molecule has 0 bridgehead atoms. The minimum Gasteiger partial charge on any atom is -0.386 e. The maximum Gasteiger partial charge on any atom is 0.106 e. The van der Waals surface area contributed by atoms with Gasteiger partial charge in [0, 0.05) is 17.2 Å². The van der Waals surface area contributed by atoms with Gasteiger partial charge in [-0.3, -0.25) is 4.68 Å². The monoisotopic (exact) mass is 296 g/mol. The van der Waals surface area contributed by atoms with Crippen LogP contribution in [-0.2, 0) is 6.54 Å². The quantitative estimate of drug-likeness (QED) is 0.825. The molecule has 0 aliphatic heterocycles. The number of benzene rings is 1. The summed E-state index contributed by atoms with van der Waals surface area (Å²) in [5, 5.41) is 15.0. The molecule has 1 aromatic carbocycles. The summed E-state index contributed by atoms with van der Waals surface area (Å²) in [6.07, 6.45) is 1.96. The van der Waals surface area contributed by atoms with Gasteiger partial charge in [0.15, 0.2) is 0 Å². The average molecular weight is 297 g/mol. The van der Waals surface area contributed by atoms with Gasteiger partial charge in [-0.2, -0.15) is 5.10 Å². The Hall–Kier alpha value is -0.970. The normalized spacial score (nSPS) is 12.6. The molecule has 3 nitrogen and oxygen atoms in total. The van der Waals surface area contributed by atoms with Gasteiger partial charge in [0.1, 0.15) is 6.10 Å². The summed E-state index contributed by atoms with van der Waals surface area (Å²) in [6.45, 7) is 2.85. The predicted octanol–water partition coefficient (Wildman–Crippen LogP) is 3.77. The Labute approximate surface area is 122 Å². The van der Waals surface area contributed by atoms with Crippen molar-refractivity contribution in [1.29, 1.82) is 0 Å². The van der Waals surface area contributed by atoms with Gasteiger partial charge in [0.2, 0.25) is 0 Å². The van der Waals surface area contributed by atoms with Gasteiger partial charge in [-0.15, -0.1) is 11.8 Å². The molecule has 102 valence electrons. The van der Waals surface area contributed by atoms with Crippen molar-refractivity contribution < 1.29 is 5.11 Å². The summed E-state index contributed by atoms with van der Waals surface area (Å²) < 4.78 is 1.79. The Morgan fingerprint density at radius 1 is 1.37 bits per heavy atom. The van der Waals surface area contributed by atoms with Gasteiger partial charge in [0.25, 0.3) is 0 Å². The lowest BCUT2D eigenvalue weighted by Crippen LogP contribution is -2.11. The Morgan fingerprint density at radius 2 is 2.11 bits per heavy atom.